The van der Waals surface area contributed by atoms with Crippen LogP contribution in [0.15, 0.2) is 67.0 Å². The van der Waals surface area contributed by atoms with Crippen LogP contribution in [0.4, 0.5) is 15.9 Å². The van der Waals surface area contributed by atoms with Gasteiger partial charge in [-0.3, -0.25) is 9.67 Å². The van der Waals surface area contributed by atoms with Crippen molar-refractivity contribution in [1.82, 2.24) is 24.7 Å². The Morgan fingerprint density at radius 3 is 2.65 bits per heavy atom. The first-order valence-corrected chi connectivity index (χ1v) is 11.0. The number of hydrogen-bond donors (Lipinski definition) is 2. The molecule has 0 spiro atoms. The minimum absolute atomic E-state index is 0.346. The van der Waals surface area contributed by atoms with Crippen molar-refractivity contribution in [2.75, 3.05) is 11.5 Å². The van der Waals surface area contributed by atoms with E-state index in [0.29, 0.717) is 34.4 Å². The van der Waals surface area contributed by atoms with Crippen LogP contribution in [-0.2, 0) is 13.5 Å². The maximum Gasteiger partial charge on any atom is 0.182 e. The molecule has 3 aromatic heterocycles. The molecule has 7 nitrogen and oxygen atoms in total. The topological polar surface area (TPSA) is 109 Å². The minimum Gasteiger partial charge on any atom is -0.399 e. The molecular weight excluding hydrogens is 429 g/mol. The Bertz CT molecular complexity index is 1490. The van der Waals surface area contributed by atoms with Gasteiger partial charge in [-0.25, -0.2) is 14.4 Å². The molecule has 1 unspecified atom stereocenters. The average molecular weight is 454 g/mol. The van der Waals surface area contributed by atoms with Crippen LogP contribution in [0.25, 0.3) is 22.2 Å². The Morgan fingerprint density at radius 2 is 1.88 bits per heavy atom. The predicted octanol–water partition coefficient (Wildman–Crippen LogP) is 4.47. The normalized spacial score (nSPS) is 12.2. The van der Waals surface area contributed by atoms with E-state index in [1.165, 1.54) is 6.07 Å². The van der Waals surface area contributed by atoms with Crippen LogP contribution in [-0.4, -0.2) is 24.7 Å². The second-order valence-corrected chi connectivity index (χ2v) is 8.21. The van der Waals surface area contributed by atoms with Crippen LogP contribution in [0.5, 0.6) is 0 Å². The molecule has 0 aliphatic rings. The maximum absolute atomic E-state index is 15.3. The molecule has 8 heteroatoms. The van der Waals surface area contributed by atoms with Gasteiger partial charge in [0.2, 0.25) is 0 Å². The highest BCUT2D eigenvalue weighted by atomic mass is 19.1. The molecule has 4 N–H and O–H groups in total. The average Bonchev–Trinajstić information content (AvgIpc) is 3.22. The van der Waals surface area contributed by atoms with E-state index in [2.05, 4.69) is 15.1 Å². The van der Waals surface area contributed by atoms with Crippen molar-refractivity contribution in [3.63, 3.8) is 0 Å². The van der Waals surface area contributed by atoms with Crippen molar-refractivity contribution < 1.29 is 4.39 Å². The number of benzene rings is 2. The molecule has 5 aromatic rings. The third-order valence-electron chi connectivity index (χ3n) is 5.95. The molecule has 5 rings (SSSR count). The van der Waals surface area contributed by atoms with Crippen LogP contribution in [0, 0.1) is 5.82 Å². The molecule has 0 aliphatic heterocycles. The van der Waals surface area contributed by atoms with E-state index in [1.54, 1.807) is 36.3 Å². The summed E-state index contributed by atoms with van der Waals surface area (Å²) in [4.78, 5) is 13.6. The maximum atomic E-state index is 15.3. The number of nitrogens with zero attached hydrogens (tertiary/aromatic N) is 5. The fourth-order valence-electron chi connectivity index (χ4n) is 4.20. The molecule has 3 heterocycles. The van der Waals surface area contributed by atoms with Crippen LogP contribution >= 0.6 is 0 Å². The molecule has 0 saturated heterocycles. The first-order chi connectivity index (χ1) is 16.4. The van der Waals surface area contributed by atoms with E-state index in [4.69, 9.17) is 16.5 Å². The number of hydrogen-bond acceptors (Lipinski definition) is 6. The Morgan fingerprint density at radius 1 is 1.03 bits per heavy atom. The molecule has 0 saturated carbocycles. The van der Waals surface area contributed by atoms with Crippen molar-refractivity contribution >= 4 is 22.3 Å². The lowest BCUT2D eigenvalue weighted by Crippen LogP contribution is -2.14. The summed E-state index contributed by atoms with van der Waals surface area (Å²) in [6, 6.07) is 16.2. The lowest BCUT2D eigenvalue weighted by atomic mass is 9.91. The Hall–Kier alpha value is -4.33. The summed E-state index contributed by atoms with van der Waals surface area (Å²) in [5, 5.41) is 6.20. The molecule has 170 valence electrons. The zero-order valence-electron chi connectivity index (χ0n) is 18.9. The van der Waals surface area contributed by atoms with Gasteiger partial charge in [0.15, 0.2) is 5.82 Å². The number of aryl methyl sites for hydroxylation is 2. The van der Waals surface area contributed by atoms with E-state index >= 15 is 4.39 Å². The van der Waals surface area contributed by atoms with Gasteiger partial charge < -0.3 is 11.5 Å². The fourth-order valence-corrected chi connectivity index (χ4v) is 4.20. The molecular formula is C26H24FN7. The van der Waals surface area contributed by atoms with Crippen molar-refractivity contribution in [3.05, 3.63) is 95.5 Å². The minimum atomic E-state index is -0.637. The third kappa shape index (κ3) is 3.83. The quantitative estimate of drug-likeness (QED) is 0.380. The van der Waals surface area contributed by atoms with Crippen LogP contribution in [0.2, 0.25) is 0 Å². The lowest BCUT2D eigenvalue weighted by Gasteiger charge is -2.19. The fraction of sp³-hybridized carbons (Fsp3) is 0.154. The number of aromatic nitrogens is 5. The second kappa shape index (κ2) is 8.55. The van der Waals surface area contributed by atoms with Crippen LogP contribution < -0.4 is 11.5 Å². The number of fused-ring (bicyclic) bond motifs is 1. The highest BCUT2D eigenvalue weighted by Gasteiger charge is 2.28. The van der Waals surface area contributed by atoms with Gasteiger partial charge in [0.05, 0.1) is 11.6 Å². The van der Waals surface area contributed by atoms with Gasteiger partial charge in [-0.1, -0.05) is 19.1 Å². The third-order valence-corrected chi connectivity index (χ3v) is 5.95. The SMILES string of the molecule is CCc1ccc(F)c(C(c2cc3cc(N)ccc3c(N)n2)c2nc(-c3cccnc3)nn2C)c1. The number of nitrogen functional groups attached to an aromatic ring is 2. The second-order valence-electron chi connectivity index (χ2n) is 8.21. The summed E-state index contributed by atoms with van der Waals surface area (Å²) < 4.78 is 17.0. The molecule has 0 bridgehead atoms. The largest absolute Gasteiger partial charge is 0.399 e. The molecule has 34 heavy (non-hydrogen) atoms. The Kier molecular flexibility index (Phi) is 5.41. The van der Waals surface area contributed by atoms with Gasteiger partial charge in [0, 0.05) is 41.6 Å². The number of anilines is 2. The van der Waals surface area contributed by atoms with Gasteiger partial charge in [-0.2, -0.15) is 5.10 Å². The highest BCUT2D eigenvalue weighted by molar-refractivity contribution is 5.93. The zero-order chi connectivity index (χ0) is 23.8. The van der Waals surface area contributed by atoms with Crippen molar-refractivity contribution in [1.29, 1.82) is 0 Å². The van der Waals surface area contributed by atoms with Gasteiger partial charge in [-0.15, -0.1) is 0 Å². The van der Waals surface area contributed by atoms with Crippen molar-refractivity contribution in [2.45, 2.75) is 19.3 Å². The number of nitrogens with two attached hydrogens (primary N) is 2. The van der Waals surface area contributed by atoms with E-state index in [-0.39, 0.29) is 5.82 Å². The standard InChI is InChI=1S/C26H24FN7/c1-3-15-6-9-21(27)20(11-15)23(22-13-17-12-18(28)7-8-19(17)24(29)31-22)26-32-25(33-34(26)2)16-5-4-10-30-14-16/h4-14,23H,3,28H2,1-2H3,(H2,29,31). The summed E-state index contributed by atoms with van der Waals surface area (Å²) in [6.45, 7) is 2.03. The van der Waals surface area contributed by atoms with E-state index in [0.717, 1.165) is 28.3 Å². The van der Waals surface area contributed by atoms with E-state index < -0.39 is 5.92 Å². The summed E-state index contributed by atoms with van der Waals surface area (Å²) >= 11 is 0. The van der Waals surface area contributed by atoms with Gasteiger partial charge >= 0.3 is 0 Å². The summed E-state index contributed by atoms with van der Waals surface area (Å²) in [5.74, 6) is 0.407. The monoisotopic (exact) mass is 453 g/mol. The molecule has 0 aliphatic carbocycles. The Labute approximate surface area is 196 Å². The van der Waals surface area contributed by atoms with Crippen molar-refractivity contribution in [2.24, 2.45) is 7.05 Å². The summed E-state index contributed by atoms with van der Waals surface area (Å²) in [7, 11) is 1.79. The highest BCUT2D eigenvalue weighted by Crippen LogP contribution is 2.36. The van der Waals surface area contributed by atoms with E-state index in [9.17, 15) is 0 Å². The predicted molar refractivity (Wildman–Crippen MR) is 132 cm³/mol. The van der Waals surface area contributed by atoms with Crippen molar-refractivity contribution in [3.8, 4) is 11.4 Å². The molecule has 0 fully saturated rings. The molecule has 0 radical (unpaired) electrons. The smallest absolute Gasteiger partial charge is 0.182 e. The number of pyridine rings is 2. The van der Waals surface area contributed by atoms with Crippen LogP contribution in [0.3, 0.4) is 0 Å². The van der Waals surface area contributed by atoms with Crippen LogP contribution in [0.1, 0.15) is 35.5 Å². The van der Waals surface area contributed by atoms with E-state index in [1.807, 2.05) is 43.3 Å². The molecule has 2 aromatic carbocycles. The molecule has 0 amide bonds. The number of halogens is 1. The number of rotatable bonds is 5. The Balaban J connectivity index is 1.76. The van der Waals surface area contributed by atoms with Gasteiger partial charge in [0.25, 0.3) is 0 Å². The zero-order valence-corrected chi connectivity index (χ0v) is 18.9. The first kappa shape index (κ1) is 21.5. The van der Waals surface area contributed by atoms with Gasteiger partial charge in [-0.05, 0) is 59.8 Å². The first-order valence-electron chi connectivity index (χ1n) is 11.0. The van der Waals surface area contributed by atoms with Gasteiger partial charge in [0.1, 0.15) is 17.5 Å². The summed E-state index contributed by atoms with van der Waals surface area (Å²) in [5.41, 5.74) is 15.8. The molecule has 1 atom stereocenters. The summed E-state index contributed by atoms with van der Waals surface area (Å²) in [6.07, 6.45) is 4.15. The lowest BCUT2D eigenvalue weighted by molar-refractivity contribution is 0.591.